The van der Waals surface area contributed by atoms with Gasteiger partial charge in [0.1, 0.15) is 0 Å². The van der Waals surface area contributed by atoms with E-state index in [9.17, 15) is 14.4 Å². The second-order valence-corrected chi connectivity index (χ2v) is 6.51. The molecule has 3 amide bonds. The molecular weight excluding hydrogens is 338 g/mol. The Morgan fingerprint density at radius 3 is 2.76 bits per heavy atom. The molecular formula is C18H19N3O3S. The molecule has 3 rings (SSSR count). The lowest BCUT2D eigenvalue weighted by Gasteiger charge is -2.20. The molecule has 1 aromatic heterocycles. The number of hydrogen-bond acceptors (Lipinski definition) is 4. The van der Waals surface area contributed by atoms with Crippen molar-refractivity contribution in [1.29, 1.82) is 0 Å². The number of nitrogens with one attached hydrogen (secondary N) is 2. The average Bonchev–Trinajstić information content (AvgIpc) is 3.27. The van der Waals surface area contributed by atoms with Gasteiger partial charge < -0.3 is 15.5 Å². The first-order valence-corrected chi connectivity index (χ1v) is 9.09. The Balaban J connectivity index is 1.54. The van der Waals surface area contributed by atoms with Crippen molar-refractivity contribution in [3.8, 4) is 0 Å². The summed E-state index contributed by atoms with van der Waals surface area (Å²) in [6.07, 6.45) is 1.53. The molecule has 0 bridgehead atoms. The fraction of sp³-hybridized carbons (Fsp3) is 0.278. The van der Waals surface area contributed by atoms with Crippen molar-refractivity contribution in [2.75, 3.05) is 23.3 Å². The van der Waals surface area contributed by atoms with Crippen molar-refractivity contribution in [2.24, 2.45) is 0 Å². The maximum absolute atomic E-state index is 12.2. The molecule has 1 fully saturated rings. The molecule has 0 atom stereocenters. The Hall–Kier alpha value is -2.67. The summed E-state index contributed by atoms with van der Waals surface area (Å²) < 4.78 is 0. The minimum atomic E-state index is -0.204. The van der Waals surface area contributed by atoms with E-state index in [0.717, 1.165) is 12.1 Å². The van der Waals surface area contributed by atoms with Gasteiger partial charge in [-0.25, -0.2) is 0 Å². The van der Waals surface area contributed by atoms with Crippen molar-refractivity contribution >= 4 is 40.4 Å². The van der Waals surface area contributed by atoms with Crippen LogP contribution in [0.4, 0.5) is 11.4 Å². The second kappa shape index (κ2) is 7.94. The van der Waals surface area contributed by atoms with E-state index in [1.807, 2.05) is 23.6 Å². The molecule has 1 saturated heterocycles. The van der Waals surface area contributed by atoms with E-state index in [2.05, 4.69) is 10.6 Å². The Kier molecular flexibility index (Phi) is 5.45. The summed E-state index contributed by atoms with van der Waals surface area (Å²) in [5.74, 6) is -0.313. The zero-order valence-electron chi connectivity index (χ0n) is 13.7. The largest absolute Gasteiger partial charge is 0.351 e. The minimum Gasteiger partial charge on any atom is -0.351 e. The highest BCUT2D eigenvalue weighted by molar-refractivity contribution is 7.08. The predicted octanol–water partition coefficient (Wildman–Crippen LogP) is 2.63. The summed E-state index contributed by atoms with van der Waals surface area (Å²) >= 11 is 1.45. The van der Waals surface area contributed by atoms with E-state index in [-0.39, 0.29) is 30.7 Å². The van der Waals surface area contributed by atoms with Crippen LogP contribution in [-0.4, -0.2) is 30.8 Å². The third-order valence-corrected chi connectivity index (χ3v) is 4.65. The van der Waals surface area contributed by atoms with Gasteiger partial charge in [-0.1, -0.05) is 12.1 Å². The van der Waals surface area contributed by atoms with E-state index in [1.165, 1.54) is 11.3 Å². The number of carbonyl (C=O) groups excluding carboxylic acids is 3. The lowest BCUT2D eigenvalue weighted by molar-refractivity contribution is -0.117. The van der Waals surface area contributed by atoms with Gasteiger partial charge >= 0.3 is 0 Å². The normalized spacial score (nSPS) is 13.8. The molecule has 2 heterocycles. The lowest BCUT2D eigenvalue weighted by atomic mass is 10.2. The van der Waals surface area contributed by atoms with Crippen LogP contribution in [0.2, 0.25) is 0 Å². The summed E-state index contributed by atoms with van der Waals surface area (Å²) in [5.41, 5.74) is 1.94. The number of thiophene rings is 1. The summed E-state index contributed by atoms with van der Waals surface area (Å²) in [4.78, 5) is 37.6. The quantitative estimate of drug-likeness (QED) is 0.834. The van der Waals surface area contributed by atoms with Gasteiger partial charge in [0.2, 0.25) is 11.8 Å². The molecule has 0 unspecified atom stereocenters. The van der Waals surface area contributed by atoms with Crippen LogP contribution in [0.1, 0.15) is 29.6 Å². The first-order valence-electron chi connectivity index (χ1n) is 8.15. The molecule has 2 N–H and O–H groups in total. The van der Waals surface area contributed by atoms with Crippen LogP contribution in [0, 0.1) is 0 Å². The smallest absolute Gasteiger partial charge is 0.252 e. The van der Waals surface area contributed by atoms with E-state index < -0.39 is 0 Å². The number of anilines is 2. The van der Waals surface area contributed by atoms with Crippen molar-refractivity contribution in [3.63, 3.8) is 0 Å². The number of amides is 3. The van der Waals surface area contributed by atoms with Gasteiger partial charge in [0.25, 0.3) is 5.91 Å². The topological polar surface area (TPSA) is 78.5 Å². The lowest BCUT2D eigenvalue weighted by Crippen LogP contribution is -2.28. The standard InChI is InChI=1S/C18H19N3O3S/c22-16(7-9-19-18(24)13-8-11-25-12-13)20-14-4-1-2-5-15(14)21-10-3-6-17(21)23/h1-2,4-5,8,11-12H,3,6-7,9-10H2,(H,19,24)(H,20,22). The zero-order valence-corrected chi connectivity index (χ0v) is 14.5. The highest BCUT2D eigenvalue weighted by Crippen LogP contribution is 2.29. The molecule has 6 nitrogen and oxygen atoms in total. The summed E-state index contributed by atoms with van der Waals surface area (Å²) in [6.45, 7) is 0.924. The number of hydrogen-bond donors (Lipinski definition) is 2. The van der Waals surface area contributed by atoms with Crippen LogP contribution < -0.4 is 15.5 Å². The van der Waals surface area contributed by atoms with Crippen LogP contribution in [0.3, 0.4) is 0 Å². The Morgan fingerprint density at radius 2 is 2.04 bits per heavy atom. The maximum atomic E-state index is 12.2. The first kappa shape index (κ1) is 17.2. The number of carbonyl (C=O) groups is 3. The zero-order chi connectivity index (χ0) is 17.6. The molecule has 25 heavy (non-hydrogen) atoms. The van der Waals surface area contributed by atoms with Crippen molar-refractivity contribution < 1.29 is 14.4 Å². The van der Waals surface area contributed by atoms with Gasteiger partial charge in [-0.05, 0) is 30.0 Å². The molecule has 0 saturated carbocycles. The van der Waals surface area contributed by atoms with Crippen LogP contribution >= 0.6 is 11.3 Å². The van der Waals surface area contributed by atoms with Crippen LogP contribution in [0.5, 0.6) is 0 Å². The molecule has 1 aliphatic rings. The molecule has 1 aromatic carbocycles. The van der Waals surface area contributed by atoms with Gasteiger partial charge in [-0.3, -0.25) is 14.4 Å². The Bertz CT molecular complexity index is 774. The fourth-order valence-corrected chi connectivity index (χ4v) is 3.35. The van der Waals surface area contributed by atoms with Crippen LogP contribution in [0.25, 0.3) is 0 Å². The third kappa shape index (κ3) is 4.24. The van der Waals surface area contributed by atoms with Crippen molar-refractivity contribution in [1.82, 2.24) is 5.32 Å². The highest BCUT2D eigenvalue weighted by Gasteiger charge is 2.24. The molecule has 130 valence electrons. The van der Waals surface area contributed by atoms with Gasteiger partial charge in [0, 0.05) is 36.9 Å². The predicted molar refractivity (Wildman–Crippen MR) is 97.9 cm³/mol. The highest BCUT2D eigenvalue weighted by atomic mass is 32.1. The minimum absolute atomic E-state index is 0.0738. The number of para-hydroxylation sites is 2. The van der Waals surface area contributed by atoms with Gasteiger partial charge in [-0.15, -0.1) is 0 Å². The van der Waals surface area contributed by atoms with E-state index in [0.29, 0.717) is 24.2 Å². The third-order valence-electron chi connectivity index (χ3n) is 3.96. The SMILES string of the molecule is O=C(CCNC(=O)c1ccsc1)Nc1ccccc1N1CCCC1=O. The van der Waals surface area contributed by atoms with Crippen molar-refractivity contribution in [3.05, 3.63) is 46.7 Å². The molecule has 7 heteroatoms. The maximum Gasteiger partial charge on any atom is 0.252 e. The second-order valence-electron chi connectivity index (χ2n) is 5.73. The Labute approximate surface area is 149 Å². The fourth-order valence-electron chi connectivity index (χ4n) is 2.72. The monoisotopic (exact) mass is 357 g/mol. The number of rotatable bonds is 6. The molecule has 0 spiro atoms. The summed E-state index contributed by atoms with van der Waals surface area (Å²) in [5, 5.41) is 9.15. The molecule has 1 aliphatic heterocycles. The van der Waals surface area contributed by atoms with E-state index >= 15 is 0 Å². The average molecular weight is 357 g/mol. The van der Waals surface area contributed by atoms with E-state index in [4.69, 9.17) is 0 Å². The number of benzene rings is 1. The van der Waals surface area contributed by atoms with Gasteiger partial charge in [0.15, 0.2) is 0 Å². The summed E-state index contributed by atoms with van der Waals surface area (Å²) in [6, 6.07) is 9.01. The van der Waals surface area contributed by atoms with Gasteiger partial charge in [-0.2, -0.15) is 11.3 Å². The van der Waals surface area contributed by atoms with Crippen molar-refractivity contribution in [2.45, 2.75) is 19.3 Å². The van der Waals surface area contributed by atoms with Crippen LogP contribution in [0.15, 0.2) is 41.1 Å². The Morgan fingerprint density at radius 1 is 1.20 bits per heavy atom. The van der Waals surface area contributed by atoms with E-state index in [1.54, 1.807) is 22.4 Å². The first-order chi connectivity index (χ1) is 12.1. The molecule has 0 radical (unpaired) electrons. The van der Waals surface area contributed by atoms with Gasteiger partial charge in [0.05, 0.1) is 11.4 Å². The van der Waals surface area contributed by atoms with Crippen LogP contribution in [-0.2, 0) is 9.59 Å². The number of nitrogens with zero attached hydrogens (tertiary/aromatic N) is 1. The molecule has 0 aliphatic carbocycles. The molecule has 2 aromatic rings. The summed E-state index contributed by atoms with van der Waals surface area (Å²) in [7, 11) is 0.